The van der Waals surface area contributed by atoms with Crippen LogP contribution in [0.2, 0.25) is 0 Å². The van der Waals surface area contributed by atoms with Gasteiger partial charge in [0.2, 0.25) is 16.9 Å². The van der Waals surface area contributed by atoms with Gasteiger partial charge in [-0.25, -0.2) is 0 Å². The van der Waals surface area contributed by atoms with Gasteiger partial charge in [0.05, 0.1) is 11.6 Å². The molecule has 0 fully saturated rings. The Labute approximate surface area is 162 Å². The molecule has 0 bridgehead atoms. The van der Waals surface area contributed by atoms with Crippen molar-refractivity contribution < 1.29 is 18.3 Å². The van der Waals surface area contributed by atoms with Crippen molar-refractivity contribution in [1.29, 1.82) is 0 Å². The summed E-state index contributed by atoms with van der Waals surface area (Å²) < 4.78 is 23.0. The summed E-state index contributed by atoms with van der Waals surface area (Å²) in [5.74, 6) is 1.60. The highest BCUT2D eigenvalue weighted by Gasteiger charge is 2.20. The Bertz CT molecular complexity index is 1140. The number of rotatable bonds is 6. The van der Waals surface area contributed by atoms with Gasteiger partial charge in [0.25, 0.3) is 0 Å². The molecule has 0 spiro atoms. The van der Waals surface area contributed by atoms with Crippen molar-refractivity contribution in [3.8, 4) is 23.0 Å². The van der Waals surface area contributed by atoms with Crippen molar-refractivity contribution in [3.05, 3.63) is 82.2 Å². The number of hydrogen-bond donors (Lipinski definition) is 0. The monoisotopic (exact) mass is 376 g/mol. The Kier molecular flexibility index (Phi) is 4.89. The molecule has 0 unspecified atom stereocenters. The first kappa shape index (κ1) is 17.9. The molecule has 0 aliphatic rings. The summed E-state index contributed by atoms with van der Waals surface area (Å²) in [6, 6.07) is 16.7. The van der Waals surface area contributed by atoms with Crippen LogP contribution in [0.1, 0.15) is 11.1 Å². The van der Waals surface area contributed by atoms with Gasteiger partial charge < -0.3 is 18.3 Å². The first-order chi connectivity index (χ1) is 13.6. The van der Waals surface area contributed by atoms with E-state index in [1.165, 1.54) is 6.26 Å². The molecule has 2 heterocycles. The zero-order chi connectivity index (χ0) is 19.5. The van der Waals surface area contributed by atoms with Crippen LogP contribution in [0.25, 0.3) is 22.5 Å². The molecule has 142 valence electrons. The third kappa shape index (κ3) is 3.51. The number of benzene rings is 2. The molecular weight excluding hydrogens is 356 g/mol. The minimum absolute atomic E-state index is 0.129. The van der Waals surface area contributed by atoms with E-state index >= 15 is 0 Å². The fourth-order valence-corrected chi connectivity index (χ4v) is 3.15. The summed E-state index contributed by atoms with van der Waals surface area (Å²) >= 11 is 0. The second-order valence-corrected chi connectivity index (χ2v) is 6.54. The van der Waals surface area contributed by atoms with Crippen LogP contribution in [-0.2, 0) is 0 Å². The average molecular weight is 376 g/mol. The largest absolute Gasteiger partial charge is 0.490 e. The van der Waals surface area contributed by atoms with Crippen LogP contribution in [0.3, 0.4) is 0 Å². The van der Waals surface area contributed by atoms with E-state index in [1.54, 1.807) is 12.1 Å². The average Bonchev–Trinajstić information content (AvgIpc) is 3.22. The molecule has 5 heteroatoms. The maximum absolute atomic E-state index is 13.1. The van der Waals surface area contributed by atoms with Gasteiger partial charge in [-0.3, -0.25) is 4.79 Å². The SMILES string of the molecule is Cc1cc(C)c2oc(-c3ccco3)c(OCCOc3ccccc3)c(=O)c2c1. The van der Waals surface area contributed by atoms with E-state index in [-0.39, 0.29) is 23.5 Å². The second-order valence-electron chi connectivity index (χ2n) is 6.54. The molecule has 0 radical (unpaired) electrons. The minimum Gasteiger partial charge on any atom is -0.490 e. The molecule has 28 heavy (non-hydrogen) atoms. The quantitative estimate of drug-likeness (QED) is 0.437. The lowest BCUT2D eigenvalue weighted by Crippen LogP contribution is -2.15. The molecule has 2 aromatic carbocycles. The fraction of sp³-hybridized carbons (Fsp3) is 0.174. The molecular formula is C23H20O5. The highest BCUT2D eigenvalue weighted by atomic mass is 16.5. The van der Waals surface area contributed by atoms with E-state index in [9.17, 15) is 4.79 Å². The summed E-state index contributed by atoms with van der Waals surface area (Å²) in [6.07, 6.45) is 1.53. The van der Waals surface area contributed by atoms with Crippen molar-refractivity contribution >= 4 is 11.0 Å². The van der Waals surface area contributed by atoms with Gasteiger partial charge in [-0.15, -0.1) is 0 Å². The van der Waals surface area contributed by atoms with Gasteiger partial charge in [0.15, 0.2) is 5.76 Å². The Hall–Kier alpha value is -3.47. The predicted octanol–water partition coefficient (Wildman–Crippen LogP) is 5.13. The first-order valence-electron chi connectivity index (χ1n) is 9.06. The number of ether oxygens (including phenoxy) is 2. The van der Waals surface area contributed by atoms with Crippen molar-refractivity contribution in [2.75, 3.05) is 13.2 Å². The fourth-order valence-electron chi connectivity index (χ4n) is 3.15. The smallest absolute Gasteiger partial charge is 0.235 e. The van der Waals surface area contributed by atoms with Crippen LogP contribution in [0, 0.1) is 13.8 Å². The standard InChI is InChI=1S/C23H20O5/c1-15-13-16(2)21-18(14-15)20(24)23(22(28-21)19-9-6-10-26-19)27-12-11-25-17-7-4-3-5-8-17/h3-10,13-14H,11-12H2,1-2H3. The van der Waals surface area contributed by atoms with Crippen molar-refractivity contribution in [2.45, 2.75) is 13.8 Å². The lowest BCUT2D eigenvalue weighted by Gasteiger charge is -2.12. The first-order valence-corrected chi connectivity index (χ1v) is 9.06. The molecule has 0 N–H and O–H groups in total. The van der Waals surface area contributed by atoms with Crippen LogP contribution in [0.4, 0.5) is 0 Å². The molecule has 0 saturated heterocycles. The van der Waals surface area contributed by atoms with Gasteiger partial charge in [-0.05, 0) is 55.3 Å². The number of hydrogen-bond acceptors (Lipinski definition) is 5. The van der Waals surface area contributed by atoms with Crippen LogP contribution < -0.4 is 14.9 Å². The summed E-state index contributed by atoms with van der Waals surface area (Å²) in [5, 5.41) is 0.492. The highest BCUT2D eigenvalue weighted by Crippen LogP contribution is 2.32. The number of fused-ring (bicyclic) bond motifs is 1. The highest BCUT2D eigenvalue weighted by molar-refractivity contribution is 5.84. The van der Waals surface area contributed by atoms with Crippen molar-refractivity contribution in [3.63, 3.8) is 0 Å². The third-order valence-electron chi connectivity index (χ3n) is 4.37. The Morgan fingerprint density at radius 1 is 0.929 bits per heavy atom. The van der Waals surface area contributed by atoms with Crippen LogP contribution >= 0.6 is 0 Å². The summed E-state index contributed by atoms with van der Waals surface area (Å²) in [4.78, 5) is 13.1. The molecule has 5 nitrogen and oxygen atoms in total. The molecule has 0 aliphatic carbocycles. The summed E-state index contributed by atoms with van der Waals surface area (Å²) in [5.41, 5.74) is 2.19. The normalized spacial score (nSPS) is 10.9. The Morgan fingerprint density at radius 2 is 1.71 bits per heavy atom. The van der Waals surface area contributed by atoms with Gasteiger partial charge in [-0.2, -0.15) is 0 Å². The molecule has 4 rings (SSSR count). The van der Waals surface area contributed by atoms with Gasteiger partial charge in [0.1, 0.15) is 24.5 Å². The molecule has 0 saturated carbocycles. The van der Waals surface area contributed by atoms with Crippen molar-refractivity contribution in [2.24, 2.45) is 0 Å². The molecule has 0 aliphatic heterocycles. The van der Waals surface area contributed by atoms with Gasteiger partial charge in [0, 0.05) is 0 Å². The zero-order valence-electron chi connectivity index (χ0n) is 15.7. The summed E-state index contributed by atoms with van der Waals surface area (Å²) in [6.45, 7) is 4.36. The van der Waals surface area contributed by atoms with Crippen molar-refractivity contribution in [1.82, 2.24) is 0 Å². The van der Waals surface area contributed by atoms with E-state index < -0.39 is 0 Å². The topological polar surface area (TPSA) is 61.8 Å². The van der Waals surface area contributed by atoms with Gasteiger partial charge in [-0.1, -0.05) is 24.3 Å². The lowest BCUT2D eigenvalue weighted by atomic mass is 10.1. The third-order valence-corrected chi connectivity index (χ3v) is 4.37. The van der Waals surface area contributed by atoms with E-state index in [2.05, 4.69) is 0 Å². The van der Waals surface area contributed by atoms with E-state index in [4.69, 9.17) is 18.3 Å². The predicted molar refractivity (Wildman–Crippen MR) is 107 cm³/mol. The van der Waals surface area contributed by atoms with Gasteiger partial charge >= 0.3 is 0 Å². The summed E-state index contributed by atoms with van der Waals surface area (Å²) in [7, 11) is 0. The minimum atomic E-state index is -0.223. The number of furan rings is 1. The molecule has 4 aromatic rings. The molecule has 2 aromatic heterocycles. The Morgan fingerprint density at radius 3 is 2.46 bits per heavy atom. The van der Waals surface area contributed by atoms with E-state index in [0.717, 1.165) is 16.9 Å². The maximum Gasteiger partial charge on any atom is 0.235 e. The zero-order valence-corrected chi connectivity index (χ0v) is 15.7. The van der Waals surface area contributed by atoms with Crippen LogP contribution in [0.5, 0.6) is 11.5 Å². The second kappa shape index (κ2) is 7.64. The number of aryl methyl sites for hydroxylation is 2. The molecule has 0 amide bonds. The van der Waals surface area contributed by atoms with Crippen LogP contribution in [0.15, 0.2) is 74.5 Å². The van der Waals surface area contributed by atoms with Crippen LogP contribution in [-0.4, -0.2) is 13.2 Å². The number of para-hydroxylation sites is 1. The van der Waals surface area contributed by atoms with E-state index in [1.807, 2.05) is 56.3 Å². The Balaban J connectivity index is 1.68. The molecule has 0 atom stereocenters. The maximum atomic E-state index is 13.1. The van der Waals surface area contributed by atoms with E-state index in [0.29, 0.717) is 23.3 Å². The lowest BCUT2D eigenvalue weighted by molar-refractivity contribution is 0.214.